The molecule has 10 nitrogen and oxygen atoms in total. The summed E-state index contributed by atoms with van der Waals surface area (Å²) >= 11 is 0. The minimum atomic E-state index is -0.779. The van der Waals surface area contributed by atoms with Crippen LogP contribution in [-0.4, -0.2) is 86.8 Å². The lowest BCUT2D eigenvalue weighted by molar-refractivity contribution is -0.230. The molecule has 3 aliphatic heterocycles. The number of anilines is 1. The van der Waals surface area contributed by atoms with E-state index in [1.807, 2.05) is 13.8 Å². The Kier molecular flexibility index (Phi) is 14.4. The molecule has 10 heteroatoms. The van der Waals surface area contributed by atoms with Crippen molar-refractivity contribution < 1.29 is 38.0 Å². The number of amides is 1. The lowest BCUT2D eigenvalue weighted by Gasteiger charge is -2.33. The summed E-state index contributed by atoms with van der Waals surface area (Å²) in [5.41, 5.74) is 1.37. The number of rotatable bonds is 17. The summed E-state index contributed by atoms with van der Waals surface area (Å²) < 4.78 is 36.3. The summed E-state index contributed by atoms with van der Waals surface area (Å²) in [6, 6.07) is 7.07. The third kappa shape index (κ3) is 11.5. The van der Waals surface area contributed by atoms with Crippen molar-refractivity contribution >= 4 is 17.7 Å². The second kappa shape index (κ2) is 18.2. The van der Waals surface area contributed by atoms with Gasteiger partial charge >= 0.3 is 12.1 Å². The molecule has 0 radical (unpaired) electrons. The van der Waals surface area contributed by atoms with Gasteiger partial charge in [-0.25, -0.2) is 4.79 Å². The topological polar surface area (TPSA) is 105 Å². The number of nitrogens with zero attached hydrogens (tertiary/aromatic N) is 1. The second-order valence-corrected chi connectivity index (χ2v) is 13.1. The molecule has 1 amide bonds. The van der Waals surface area contributed by atoms with Gasteiger partial charge in [-0.3, -0.25) is 15.0 Å². The highest BCUT2D eigenvalue weighted by Gasteiger charge is 2.58. The summed E-state index contributed by atoms with van der Waals surface area (Å²) in [7, 11) is 1.36. The van der Waals surface area contributed by atoms with E-state index in [4.69, 9.17) is 28.4 Å². The third-order valence-electron chi connectivity index (χ3n) is 8.87. The number of esters is 1. The Morgan fingerprint density at radius 3 is 2.29 bits per heavy atom. The van der Waals surface area contributed by atoms with E-state index in [1.165, 1.54) is 58.5 Å². The molecule has 5 atom stereocenters. The Morgan fingerprint density at radius 1 is 0.956 bits per heavy atom. The molecule has 3 saturated heterocycles. The molecule has 4 rings (SSSR count). The van der Waals surface area contributed by atoms with Crippen LogP contribution in [0.2, 0.25) is 0 Å². The summed E-state index contributed by atoms with van der Waals surface area (Å²) in [5.74, 6) is -1.10. The van der Waals surface area contributed by atoms with Crippen molar-refractivity contribution in [2.45, 2.75) is 141 Å². The number of carbonyl (C=O) groups is 2. The summed E-state index contributed by atoms with van der Waals surface area (Å²) in [6.07, 6.45) is 11.4. The number of benzene rings is 1. The number of ether oxygens (including phenoxy) is 6. The van der Waals surface area contributed by atoms with Crippen molar-refractivity contribution in [1.82, 2.24) is 4.90 Å². The van der Waals surface area contributed by atoms with E-state index in [9.17, 15) is 9.59 Å². The van der Waals surface area contributed by atoms with Crippen LogP contribution in [-0.2, 0) is 39.6 Å². The predicted octanol–water partition coefficient (Wildman–Crippen LogP) is 6.60. The van der Waals surface area contributed by atoms with Crippen molar-refractivity contribution in [3.63, 3.8) is 0 Å². The minimum Gasteiger partial charge on any atom is -0.469 e. The van der Waals surface area contributed by atoms with E-state index in [2.05, 4.69) is 17.1 Å². The molecule has 1 unspecified atom stereocenters. The van der Waals surface area contributed by atoms with Gasteiger partial charge in [0.05, 0.1) is 13.5 Å². The Hall–Kier alpha value is -2.24. The molecule has 0 bridgehead atoms. The SMILES string of the molecule is CCCCCCCCCCO[C@@H]1[C@H]2OC(C)(C)O[C@H]2O[C@@H]1C(CN1CCCCCC1)OC(=O)Nc1ccc(CC(=O)OC)cc1. The summed E-state index contributed by atoms with van der Waals surface area (Å²) in [5, 5.41) is 2.85. The minimum absolute atomic E-state index is 0.168. The number of hydrogen-bond donors (Lipinski definition) is 1. The molecule has 3 aliphatic rings. The Bertz CT molecular complexity index is 1030. The van der Waals surface area contributed by atoms with Gasteiger partial charge < -0.3 is 28.4 Å². The van der Waals surface area contributed by atoms with Gasteiger partial charge in [0.1, 0.15) is 24.4 Å². The number of methoxy groups -OCH3 is 1. The third-order valence-corrected chi connectivity index (χ3v) is 8.87. The molecule has 45 heavy (non-hydrogen) atoms. The first-order valence-corrected chi connectivity index (χ1v) is 17.3. The Balaban J connectivity index is 1.41. The lowest BCUT2D eigenvalue weighted by Crippen LogP contribution is -2.50. The van der Waals surface area contributed by atoms with Gasteiger partial charge in [0, 0.05) is 18.8 Å². The molecule has 254 valence electrons. The normalized spacial score (nSPS) is 25.3. The molecule has 3 fully saturated rings. The number of likely N-dealkylation sites (tertiary alicyclic amines) is 1. The fourth-order valence-electron chi connectivity index (χ4n) is 6.46. The van der Waals surface area contributed by atoms with Crippen molar-refractivity contribution in [2.24, 2.45) is 0 Å². The summed E-state index contributed by atoms with van der Waals surface area (Å²) in [4.78, 5) is 27.3. The molecule has 1 aromatic rings. The number of hydrogen-bond acceptors (Lipinski definition) is 9. The van der Waals surface area contributed by atoms with Gasteiger partial charge in [-0.1, -0.05) is 76.8 Å². The first-order chi connectivity index (χ1) is 21.8. The van der Waals surface area contributed by atoms with Crippen LogP contribution >= 0.6 is 0 Å². The number of nitrogens with one attached hydrogen (secondary N) is 1. The monoisotopic (exact) mass is 632 g/mol. The quantitative estimate of drug-likeness (QED) is 0.150. The van der Waals surface area contributed by atoms with Crippen LogP contribution in [0.1, 0.15) is 103 Å². The van der Waals surface area contributed by atoms with E-state index in [0.29, 0.717) is 18.8 Å². The molecule has 1 aromatic carbocycles. The van der Waals surface area contributed by atoms with Crippen LogP contribution in [0.15, 0.2) is 24.3 Å². The highest BCUT2D eigenvalue weighted by Crippen LogP contribution is 2.40. The van der Waals surface area contributed by atoms with Gasteiger partial charge in [0.2, 0.25) is 0 Å². The van der Waals surface area contributed by atoms with Crippen LogP contribution < -0.4 is 5.32 Å². The Labute approximate surface area is 269 Å². The van der Waals surface area contributed by atoms with Crippen LogP contribution in [0.4, 0.5) is 10.5 Å². The van der Waals surface area contributed by atoms with E-state index < -0.39 is 42.6 Å². The van der Waals surface area contributed by atoms with Gasteiger partial charge in [0.25, 0.3) is 0 Å². The smallest absolute Gasteiger partial charge is 0.412 e. The van der Waals surface area contributed by atoms with Crippen LogP contribution in [0.25, 0.3) is 0 Å². The van der Waals surface area contributed by atoms with Crippen LogP contribution in [0.5, 0.6) is 0 Å². The van der Waals surface area contributed by atoms with Crippen molar-refractivity contribution in [2.75, 3.05) is 38.7 Å². The van der Waals surface area contributed by atoms with Gasteiger partial charge in [-0.15, -0.1) is 0 Å². The number of carbonyl (C=O) groups excluding carboxylic acids is 2. The zero-order chi connectivity index (χ0) is 32.1. The van der Waals surface area contributed by atoms with E-state index in [-0.39, 0.29) is 12.4 Å². The second-order valence-electron chi connectivity index (χ2n) is 13.1. The highest BCUT2D eigenvalue weighted by molar-refractivity contribution is 5.84. The number of unbranched alkanes of at least 4 members (excludes halogenated alkanes) is 7. The average molecular weight is 633 g/mol. The highest BCUT2D eigenvalue weighted by atomic mass is 16.8. The molecule has 0 aromatic heterocycles. The van der Waals surface area contributed by atoms with Gasteiger partial charge in [-0.2, -0.15) is 0 Å². The van der Waals surface area contributed by atoms with Crippen LogP contribution in [0, 0.1) is 0 Å². The van der Waals surface area contributed by atoms with Crippen molar-refractivity contribution in [3.05, 3.63) is 29.8 Å². The fourth-order valence-corrected chi connectivity index (χ4v) is 6.46. The zero-order valence-corrected chi connectivity index (χ0v) is 27.9. The zero-order valence-electron chi connectivity index (χ0n) is 27.9. The van der Waals surface area contributed by atoms with Crippen molar-refractivity contribution in [3.8, 4) is 0 Å². The number of fused-ring (bicyclic) bond motifs is 1. The first kappa shape index (κ1) is 35.6. The average Bonchev–Trinajstić information content (AvgIpc) is 3.34. The molecule has 3 heterocycles. The predicted molar refractivity (Wildman–Crippen MR) is 172 cm³/mol. The Morgan fingerprint density at radius 2 is 1.62 bits per heavy atom. The molecular weight excluding hydrogens is 576 g/mol. The maximum absolute atomic E-state index is 13.3. The molecular formula is C35H56N2O8. The van der Waals surface area contributed by atoms with Gasteiger partial charge in [-0.05, 0) is 63.9 Å². The van der Waals surface area contributed by atoms with E-state index in [0.717, 1.165) is 44.3 Å². The molecule has 1 N–H and O–H groups in total. The standard InChI is InChI=1S/C35H56N2O8/c1-5-6-7-8-9-10-13-16-23-41-31-30(43-33-32(31)44-35(2,3)45-33)28(25-37-21-14-11-12-15-22-37)42-34(39)36-27-19-17-26(18-20-27)24-29(38)40-4/h17-20,28,30-33H,5-16,21-25H2,1-4H3,(H,36,39)/t28?,30-,31+,32-,33-/m1/s1. The van der Waals surface area contributed by atoms with E-state index >= 15 is 0 Å². The largest absolute Gasteiger partial charge is 0.469 e. The maximum atomic E-state index is 13.3. The van der Waals surface area contributed by atoms with Gasteiger partial charge in [0.15, 0.2) is 12.1 Å². The fraction of sp³-hybridized carbons (Fsp3) is 0.771. The maximum Gasteiger partial charge on any atom is 0.412 e. The lowest BCUT2D eigenvalue weighted by atomic mass is 10.0. The molecule has 0 spiro atoms. The molecule has 0 aliphatic carbocycles. The van der Waals surface area contributed by atoms with Crippen molar-refractivity contribution in [1.29, 1.82) is 0 Å². The van der Waals surface area contributed by atoms with E-state index in [1.54, 1.807) is 24.3 Å². The summed E-state index contributed by atoms with van der Waals surface area (Å²) in [6.45, 7) is 9.04. The van der Waals surface area contributed by atoms with Crippen LogP contribution in [0.3, 0.4) is 0 Å². The first-order valence-electron chi connectivity index (χ1n) is 17.3. The molecule has 0 saturated carbocycles.